The van der Waals surface area contributed by atoms with Gasteiger partial charge in [0.25, 0.3) is 0 Å². The van der Waals surface area contributed by atoms with Gasteiger partial charge in [0.2, 0.25) is 0 Å². The van der Waals surface area contributed by atoms with Gasteiger partial charge >= 0.3 is 0 Å². The van der Waals surface area contributed by atoms with E-state index in [0.717, 1.165) is 18.4 Å². The average Bonchev–Trinajstić information content (AvgIpc) is 3.05. The largest absolute Gasteiger partial charge is 0.371 e. The Hall–Kier alpha value is -1.39. The summed E-state index contributed by atoms with van der Waals surface area (Å²) in [6, 6.07) is 0.846. The van der Waals surface area contributed by atoms with Crippen LogP contribution in [-0.2, 0) is 0 Å². The van der Waals surface area contributed by atoms with Crippen LogP contribution < -0.4 is 10.6 Å². The number of hydrogen-bond donors (Lipinski definition) is 2. The molecule has 1 aromatic heterocycles. The Labute approximate surface area is 93.3 Å². The zero-order valence-corrected chi connectivity index (χ0v) is 9.19. The van der Waals surface area contributed by atoms with Crippen LogP contribution in [0.15, 0.2) is 6.07 Å². The molecule has 0 aromatic carbocycles. The van der Waals surface area contributed by atoms with Crippen LogP contribution in [0, 0.1) is 17.6 Å². The predicted octanol–water partition coefficient (Wildman–Crippen LogP) is 2.61. The summed E-state index contributed by atoms with van der Waals surface area (Å²) in [6.45, 7) is 0.684. The van der Waals surface area contributed by atoms with Crippen LogP contribution in [0.25, 0.3) is 0 Å². The fraction of sp³-hybridized carbons (Fsp3) is 0.545. The summed E-state index contributed by atoms with van der Waals surface area (Å²) in [5, 5.41) is 5.48. The zero-order valence-electron chi connectivity index (χ0n) is 9.19. The first-order chi connectivity index (χ1) is 7.70. The molecule has 0 unspecified atom stereocenters. The summed E-state index contributed by atoms with van der Waals surface area (Å²) in [7, 11) is 1.55. The molecule has 0 aliphatic heterocycles. The van der Waals surface area contributed by atoms with Crippen LogP contribution in [0.2, 0.25) is 0 Å². The molecular weight excluding hydrogens is 212 g/mol. The lowest BCUT2D eigenvalue weighted by Crippen LogP contribution is -2.08. The first-order valence-electron chi connectivity index (χ1n) is 5.48. The maximum atomic E-state index is 13.3. The predicted molar refractivity (Wildman–Crippen MR) is 59.5 cm³/mol. The molecule has 1 aliphatic carbocycles. The molecule has 0 radical (unpaired) electrons. The summed E-state index contributed by atoms with van der Waals surface area (Å²) in [5.74, 6) is -0.360. The second-order valence-corrected chi connectivity index (χ2v) is 4.06. The zero-order chi connectivity index (χ0) is 11.5. The third kappa shape index (κ3) is 2.59. The molecule has 2 rings (SSSR count). The highest BCUT2D eigenvalue weighted by molar-refractivity contribution is 5.47. The van der Waals surface area contributed by atoms with Crippen molar-refractivity contribution in [1.82, 2.24) is 4.98 Å². The molecule has 5 heteroatoms. The molecule has 16 heavy (non-hydrogen) atoms. The Bertz CT molecular complexity index is 378. The number of anilines is 2. The van der Waals surface area contributed by atoms with Crippen LogP contribution in [0.4, 0.5) is 20.4 Å². The van der Waals surface area contributed by atoms with Crippen LogP contribution in [0.1, 0.15) is 19.3 Å². The molecule has 1 fully saturated rings. The number of aromatic nitrogens is 1. The molecule has 1 aromatic rings. The van der Waals surface area contributed by atoms with E-state index < -0.39 is 11.6 Å². The van der Waals surface area contributed by atoms with Crippen molar-refractivity contribution in [3.63, 3.8) is 0 Å². The van der Waals surface area contributed by atoms with E-state index in [0.29, 0.717) is 6.54 Å². The van der Waals surface area contributed by atoms with E-state index in [1.54, 1.807) is 7.05 Å². The van der Waals surface area contributed by atoms with Gasteiger partial charge in [-0.05, 0) is 12.3 Å². The van der Waals surface area contributed by atoms with Gasteiger partial charge in [0.1, 0.15) is 0 Å². The standard InChI is InChI=1S/C11H15F2N3/c1-14-10-8(12)6-9(13)11(16-10)15-5-4-7-2-3-7/h6-7H,2-5H2,1H3,(H2,14,15,16). The smallest absolute Gasteiger partial charge is 0.168 e. The van der Waals surface area contributed by atoms with Crippen molar-refractivity contribution in [3.8, 4) is 0 Å². The van der Waals surface area contributed by atoms with Crippen molar-refractivity contribution in [2.24, 2.45) is 5.92 Å². The number of nitrogens with zero attached hydrogens (tertiary/aromatic N) is 1. The third-order valence-corrected chi connectivity index (χ3v) is 2.71. The average molecular weight is 227 g/mol. The Morgan fingerprint density at radius 3 is 2.62 bits per heavy atom. The Kier molecular flexibility index (Phi) is 3.22. The highest BCUT2D eigenvalue weighted by Gasteiger charge is 2.20. The normalized spacial score (nSPS) is 14.9. The molecule has 0 bridgehead atoms. The molecule has 1 heterocycles. The van der Waals surface area contributed by atoms with Gasteiger partial charge in [0.15, 0.2) is 23.3 Å². The van der Waals surface area contributed by atoms with Gasteiger partial charge in [-0.25, -0.2) is 13.8 Å². The lowest BCUT2D eigenvalue weighted by Gasteiger charge is -2.08. The Morgan fingerprint density at radius 1 is 1.31 bits per heavy atom. The lowest BCUT2D eigenvalue weighted by atomic mass is 10.3. The van der Waals surface area contributed by atoms with E-state index in [1.807, 2.05) is 0 Å². The summed E-state index contributed by atoms with van der Waals surface area (Å²) in [6.07, 6.45) is 3.55. The van der Waals surface area contributed by atoms with Gasteiger partial charge in [-0.1, -0.05) is 12.8 Å². The van der Waals surface area contributed by atoms with E-state index in [9.17, 15) is 8.78 Å². The maximum absolute atomic E-state index is 13.3. The minimum Gasteiger partial charge on any atom is -0.371 e. The topological polar surface area (TPSA) is 37.0 Å². The Balaban J connectivity index is 2.00. The van der Waals surface area contributed by atoms with E-state index in [-0.39, 0.29) is 11.6 Å². The van der Waals surface area contributed by atoms with Crippen molar-refractivity contribution in [3.05, 3.63) is 17.7 Å². The van der Waals surface area contributed by atoms with Gasteiger partial charge < -0.3 is 10.6 Å². The first kappa shape index (κ1) is 11.1. The third-order valence-electron chi connectivity index (χ3n) is 2.71. The first-order valence-corrected chi connectivity index (χ1v) is 5.48. The summed E-state index contributed by atoms with van der Waals surface area (Å²) in [5.41, 5.74) is 0. The van der Waals surface area contributed by atoms with Gasteiger partial charge in [0.05, 0.1) is 0 Å². The molecule has 0 spiro atoms. The molecule has 3 nitrogen and oxygen atoms in total. The summed E-state index contributed by atoms with van der Waals surface area (Å²) >= 11 is 0. The lowest BCUT2D eigenvalue weighted by molar-refractivity contribution is 0.578. The van der Waals surface area contributed by atoms with Gasteiger partial charge in [0, 0.05) is 19.7 Å². The van der Waals surface area contributed by atoms with Crippen LogP contribution in [0.5, 0.6) is 0 Å². The molecular formula is C11H15F2N3. The van der Waals surface area contributed by atoms with E-state index in [1.165, 1.54) is 12.8 Å². The van der Waals surface area contributed by atoms with Crippen LogP contribution >= 0.6 is 0 Å². The van der Waals surface area contributed by atoms with Crippen molar-refractivity contribution >= 4 is 11.6 Å². The summed E-state index contributed by atoms with van der Waals surface area (Å²) in [4.78, 5) is 3.84. The number of halogens is 2. The SMILES string of the molecule is CNc1nc(NCCC2CC2)c(F)cc1F. The van der Waals surface area contributed by atoms with Crippen molar-refractivity contribution in [2.75, 3.05) is 24.2 Å². The van der Waals surface area contributed by atoms with E-state index in [4.69, 9.17) is 0 Å². The molecule has 2 N–H and O–H groups in total. The molecule has 0 atom stereocenters. The van der Waals surface area contributed by atoms with Crippen LogP contribution in [0.3, 0.4) is 0 Å². The molecule has 1 aliphatic rings. The van der Waals surface area contributed by atoms with Crippen LogP contribution in [-0.4, -0.2) is 18.6 Å². The quantitative estimate of drug-likeness (QED) is 0.811. The fourth-order valence-electron chi connectivity index (χ4n) is 1.57. The highest BCUT2D eigenvalue weighted by atomic mass is 19.1. The monoisotopic (exact) mass is 227 g/mol. The van der Waals surface area contributed by atoms with Crippen molar-refractivity contribution < 1.29 is 8.78 Å². The number of nitrogens with one attached hydrogen (secondary N) is 2. The second kappa shape index (κ2) is 4.63. The van der Waals surface area contributed by atoms with Gasteiger partial charge in [-0.3, -0.25) is 0 Å². The number of hydrogen-bond acceptors (Lipinski definition) is 3. The minimum absolute atomic E-state index is 0.0651. The molecule has 0 saturated heterocycles. The fourth-order valence-corrected chi connectivity index (χ4v) is 1.57. The van der Waals surface area contributed by atoms with Gasteiger partial charge in [-0.15, -0.1) is 0 Å². The highest BCUT2D eigenvalue weighted by Crippen LogP contribution is 2.32. The van der Waals surface area contributed by atoms with E-state index >= 15 is 0 Å². The van der Waals surface area contributed by atoms with Crippen molar-refractivity contribution in [1.29, 1.82) is 0 Å². The van der Waals surface area contributed by atoms with Gasteiger partial charge in [-0.2, -0.15) is 0 Å². The number of rotatable bonds is 5. The maximum Gasteiger partial charge on any atom is 0.168 e. The minimum atomic E-state index is -0.673. The van der Waals surface area contributed by atoms with E-state index in [2.05, 4.69) is 15.6 Å². The number of pyridine rings is 1. The Morgan fingerprint density at radius 2 is 2.00 bits per heavy atom. The molecule has 88 valence electrons. The summed E-state index contributed by atoms with van der Waals surface area (Å²) < 4.78 is 26.4. The molecule has 0 amide bonds. The second-order valence-electron chi connectivity index (χ2n) is 4.06. The van der Waals surface area contributed by atoms with Crippen molar-refractivity contribution in [2.45, 2.75) is 19.3 Å². The molecule has 1 saturated carbocycles.